The monoisotopic (exact) mass is 464 g/mol. The van der Waals surface area contributed by atoms with Gasteiger partial charge in [0.05, 0.1) is 12.7 Å². The number of carbonyl (C=O) groups is 2. The van der Waals surface area contributed by atoms with Gasteiger partial charge in [-0.15, -0.1) is 0 Å². The molecule has 2 aromatic carbocycles. The summed E-state index contributed by atoms with van der Waals surface area (Å²) in [4.78, 5) is 26.8. The van der Waals surface area contributed by atoms with Gasteiger partial charge in [0.1, 0.15) is 5.60 Å². The van der Waals surface area contributed by atoms with Crippen LogP contribution in [0.4, 0.5) is 4.79 Å². The van der Waals surface area contributed by atoms with Gasteiger partial charge in [-0.2, -0.15) is 0 Å². The van der Waals surface area contributed by atoms with E-state index in [4.69, 9.17) is 9.47 Å². The average molecular weight is 465 g/mol. The Kier molecular flexibility index (Phi) is 6.99. The van der Waals surface area contributed by atoms with Crippen LogP contribution in [0.3, 0.4) is 0 Å². The molecule has 0 spiro atoms. The highest BCUT2D eigenvalue weighted by Gasteiger charge is 2.51. The maximum Gasteiger partial charge on any atom is 0.410 e. The summed E-state index contributed by atoms with van der Waals surface area (Å²) in [6.07, 6.45) is 2.98. The second-order valence-electron chi connectivity index (χ2n) is 10.7. The standard InChI is InChI=1S/C28H36N2O4/c1-27(2,3)34-26(32)30(24-16-23(24)21-8-6-5-7-9-21)19-28(14-15-28)18-29-17-20-10-12-22(13-11-20)25(31)33-4/h5-13,23-24,29H,14-19H2,1-4H3/t23?,24-/m0/s1. The van der Waals surface area contributed by atoms with Crippen molar-refractivity contribution >= 4 is 12.1 Å². The Hall–Kier alpha value is -2.86. The van der Waals surface area contributed by atoms with Gasteiger partial charge < -0.3 is 19.7 Å². The first-order valence-corrected chi connectivity index (χ1v) is 12.1. The third-order valence-corrected chi connectivity index (χ3v) is 6.68. The molecular weight excluding hydrogens is 428 g/mol. The Morgan fingerprint density at radius 2 is 1.74 bits per heavy atom. The number of rotatable bonds is 9. The van der Waals surface area contributed by atoms with Crippen LogP contribution < -0.4 is 5.32 Å². The topological polar surface area (TPSA) is 67.9 Å². The molecule has 6 heteroatoms. The first kappa shape index (κ1) is 24.3. The van der Waals surface area contributed by atoms with Crippen molar-refractivity contribution in [2.45, 2.75) is 64.1 Å². The molecule has 0 saturated heterocycles. The Morgan fingerprint density at radius 3 is 2.32 bits per heavy atom. The summed E-state index contributed by atoms with van der Waals surface area (Å²) in [7, 11) is 1.39. The molecule has 2 aliphatic carbocycles. The molecule has 2 aliphatic rings. The van der Waals surface area contributed by atoms with Crippen LogP contribution in [0.2, 0.25) is 0 Å². The molecule has 2 saturated carbocycles. The summed E-state index contributed by atoms with van der Waals surface area (Å²) >= 11 is 0. The van der Waals surface area contributed by atoms with Gasteiger partial charge in [-0.3, -0.25) is 0 Å². The van der Waals surface area contributed by atoms with E-state index in [0.717, 1.165) is 31.4 Å². The van der Waals surface area contributed by atoms with Crippen LogP contribution in [0.5, 0.6) is 0 Å². The largest absolute Gasteiger partial charge is 0.465 e. The molecule has 2 aromatic rings. The van der Waals surface area contributed by atoms with Gasteiger partial charge in [0.2, 0.25) is 0 Å². The van der Waals surface area contributed by atoms with Crippen LogP contribution in [0, 0.1) is 5.41 Å². The van der Waals surface area contributed by atoms with Gasteiger partial charge >= 0.3 is 12.1 Å². The smallest absolute Gasteiger partial charge is 0.410 e. The van der Waals surface area contributed by atoms with Crippen LogP contribution >= 0.6 is 0 Å². The van der Waals surface area contributed by atoms with E-state index in [9.17, 15) is 9.59 Å². The van der Waals surface area contributed by atoms with Gasteiger partial charge in [-0.25, -0.2) is 9.59 Å². The number of amides is 1. The van der Waals surface area contributed by atoms with Crippen molar-refractivity contribution in [3.05, 3.63) is 71.3 Å². The van der Waals surface area contributed by atoms with Gasteiger partial charge in [0.15, 0.2) is 0 Å². The Balaban J connectivity index is 1.36. The van der Waals surface area contributed by atoms with Crippen LogP contribution in [0.15, 0.2) is 54.6 Å². The Morgan fingerprint density at radius 1 is 1.06 bits per heavy atom. The van der Waals surface area contributed by atoms with E-state index in [-0.39, 0.29) is 23.5 Å². The molecule has 0 heterocycles. The fourth-order valence-corrected chi connectivity index (χ4v) is 4.50. The zero-order valence-electron chi connectivity index (χ0n) is 20.7. The van der Waals surface area contributed by atoms with Crippen LogP contribution in [-0.2, 0) is 16.0 Å². The summed E-state index contributed by atoms with van der Waals surface area (Å²) in [5.41, 5.74) is 2.53. The lowest BCUT2D eigenvalue weighted by molar-refractivity contribution is 0.0187. The fourth-order valence-electron chi connectivity index (χ4n) is 4.50. The molecule has 2 atom stereocenters. The van der Waals surface area contributed by atoms with Crippen molar-refractivity contribution in [3.8, 4) is 0 Å². The minimum absolute atomic E-state index is 0.0900. The van der Waals surface area contributed by atoms with E-state index in [1.807, 2.05) is 43.9 Å². The molecular formula is C28H36N2O4. The maximum atomic E-state index is 13.2. The van der Waals surface area contributed by atoms with Crippen molar-refractivity contribution in [3.63, 3.8) is 0 Å². The van der Waals surface area contributed by atoms with Gasteiger partial charge in [-0.05, 0) is 63.3 Å². The SMILES string of the molecule is COC(=O)c1ccc(CNCC2(CN(C(=O)OC(C)(C)C)[C@H]3CC3c3ccccc3)CC2)cc1. The normalized spacial score (nSPS) is 20.4. The lowest BCUT2D eigenvalue weighted by Gasteiger charge is -2.31. The molecule has 2 fully saturated rings. The van der Waals surface area contributed by atoms with Crippen LogP contribution in [0.25, 0.3) is 0 Å². The van der Waals surface area contributed by atoms with E-state index >= 15 is 0 Å². The van der Waals surface area contributed by atoms with Crippen molar-refractivity contribution in [2.24, 2.45) is 5.41 Å². The number of hydrogen-bond donors (Lipinski definition) is 1. The zero-order valence-corrected chi connectivity index (χ0v) is 20.7. The Labute approximate surface area is 202 Å². The number of esters is 1. The predicted octanol–water partition coefficient (Wildman–Crippen LogP) is 5.14. The minimum atomic E-state index is -0.516. The first-order chi connectivity index (χ1) is 16.2. The summed E-state index contributed by atoms with van der Waals surface area (Å²) in [6, 6.07) is 18.1. The predicted molar refractivity (Wildman–Crippen MR) is 132 cm³/mol. The zero-order chi connectivity index (χ0) is 24.3. The van der Waals surface area contributed by atoms with Crippen LogP contribution in [0.1, 0.15) is 67.4 Å². The number of methoxy groups -OCH3 is 1. The van der Waals surface area contributed by atoms with E-state index in [2.05, 4.69) is 29.6 Å². The number of benzene rings is 2. The molecule has 182 valence electrons. The summed E-state index contributed by atoms with van der Waals surface area (Å²) in [5, 5.41) is 3.57. The Bertz CT molecular complexity index is 993. The van der Waals surface area contributed by atoms with Gasteiger partial charge in [-0.1, -0.05) is 42.5 Å². The highest BCUT2D eigenvalue weighted by molar-refractivity contribution is 5.89. The maximum absolute atomic E-state index is 13.2. The summed E-state index contributed by atoms with van der Waals surface area (Å²) in [5.74, 6) is 0.0540. The lowest BCUT2D eigenvalue weighted by atomic mass is 10.1. The van der Waals surface area contributed by atoms with E-state index in [1.54, 1.807) is 12.1 Å². The molecule has 0 radical (unpaired) electrons. The molecule has 0 aliphatic heterocycles. The summed E-state index contributed by atoms with van der Waals surface area (Å²) in [6.45, 7) is 8.03. The third kappa shape index (κ3) is 6.17. The third-order valence-electron chi connectivity index (χ3n) is 6.68. The molecule has 0 aromatic heterocycles. The van der Waals surface area contributed by atoms with Crippen molar-refractivity contribution < 1.29 is 19.1 Å². The fraction of sp³-hybridized carbons (Fsp3) is 0.500. The molecule has 4 rings (SSSR count). The number of ether oxygens (including phenoxy) is 2. The number of nitrogens with one attached hydrogen (secondary N) is 1. The van der Waals surface area contributed by atoms with Crippen LogP contribution in [-0.4, -0.2) is 48.8 Å². The highest BCUT2D eigenvalue weighted by atomic mass is 16.6. The van der Waals surface area contributed by atoms with E-state index in [0.29, 0.717) is 24.6 Å². The number of nitrogens with zero attached hydrogens (tertiary/aromatic N) is 1. The second-order valence-corrected chi connectivity index (χ2v) is 10.7. The van der Waals surface area contributed by atoms with Crippen molar-refractivity contribution in [1.29, 1.82) is 0 Å². The van der Waals surface area contributed by atoms with E-state index in [1.165, 1.54) is 12.7 Å². The molecule has 1 N–H and O–H groups in total. The van der Waals surface area contributed by atoms with Gasteiger partial charge in [0, 0.05) is 37.0 Å². The van der Waals surface area contributed by atoms with Gasteiger partial charge in [0.25, 0.3) is 0 Å². The van der Waals surface area contributed by atoms with Crippen molar-refractivity contribution in [2.75, 3.05) is 20.2 Å². The first-order valence-electron chi connectivity index (χ1n) is 12.1. The average Bonchev–Trinajstić information content (AvgIpc) is 3.73. The number of hydrogen-bond acceptors (Lipinski definition) is 5. The molecule has 6 nitrogen and oxygen atoms in total. The quantitative estimate of drug-likeness (QED) is 0.521. The second kappa shape index (κ2) is 9.79. The summed E-state index contributed by atoms with van der Waals surface area (Å²) < 4.78 is 10.6. The molecule has 1 amide bonds. The molecule has 0 bridgehead atoms. The van der Waals surface area contributed by atoms with E-state index < -0.39 is 5.60 Å². The lowest BCUT2D eigenvalue weighted by Crippen LogP contribution is -2.44. The highest BCUT2D eigenvalue weighted by Crippen LogP contribution is 2.51. The van der Waals surface area contributed by atoms with Crippen molar-refractivity contribution in [1.82, 2.24) is 10.2 Å². The number of carbonyl (C=O) groups excluding carboxylic acids is 2. The molecule has 1 unspecified atom stereocenters. The molecule has 34 heavy (non-hydrogen) atoms. The minimum Gasteiger partial charge on any atom is -0.465 e.